The number of amides is 1. The summed E-state index contributed by atoms with van der Waals surface area (Å²) in [5.74, 6) is 1.08. The van der Waals surface area contributed by atoms with E-state index in [1.807, 2.05) is 18.2 Å². The molecule has 1 aromatic carbocycles. The summed E-state index contributed by atoms with van der Waals surface area (Å²) in [6.45, 7) is 3.14. The summed E-state index contributed by atoms with van der Waals surface area (Å²) in [7, 11) is 0. The number of pyridine rings is 1. The Kier molecular flexibility index (Phi) is 6.70. The monoisotopic (exact) mass is 571 g/mol. The number of benzene rings is 1. The van der Waals surface area contributed by atoms with E-state index >= 15 is 0 Å². The van der Waals surface area contributed by atoms with Crippen LogP contribution in [0.5, 0.6) is 0 Å². The molecule has 2 aromatic heterocycles. The molecule has 2 unspecified atom stereocenters. The van der Waals surface area contributed by atoms with Gasteiger partial charge in [-0.05, 0) is 23.6 Å². The molecule has 5 rings (SSSR count). The molecule has 5 N–H and O–H groups in total. The van der Waals surface area contributed by atoms with Crippen LogP contribution in [-0.4, -0.2) is 56.8 Å². The predicted molar refractivity (Wildman–Crippen MR) is 144 cm³/mol. The Morgan fingerprint density at radius 2 is 2.06 bits per heavy atom. The van der Waals surface area contributed by atoms with Gasteiger partial charge in [0.1, 0.15) is 0 Å². The van der Waals surface area contributed by atoms with E-state index in [1.54, 1.807) is 12.4 Å². The second-order valence-electron chi connectivity index (χ2n) is 9.00. The van der Waals surface area contributed by atoms with E-state index < -0.39 is 0 Å². The van der Waals surface area contributed by atoms with Crippen molar-refractivity contribution in [2.45, 2.75) is 47.6 Å². The van der Waals surface area contributed by atoms with Crippen LogP contribution in [0, 0.1) is 0 Å². The van der Waals surface area contributed by atoms with Gasteiger partial charge in [0.05, 0.1) is 0 Å². The molecule has 8 nitrogen and oxygen atoms in total. The molecule has 1 saturated heterocycles. The van der Waals surface area contributed by atoms with Crippen LogP contribution in [0.4, 0.5) is 17.3 Å². The van der Waals surface area contributed by atoms with Crippen molar-refractivity contribution in [3.8, 4) is 0 Å². The van der Waals surface area contributed by atoms with Gasteiger partial charge in [-0.3, -0.25) is 4.79 Å². The van der Waals surface area contributed by atoms with Crippen LogP contribution in [0.1, 0.15) is 30.9 Å². The molecule has 0 saturated carbocycles. The molecule has 182 valence electrons. The van der Waals surface area contributed by atoms with Crippen molar-refractivity contribution in [2.75, 3.05) is 29.0 Å². The number of nitrogens with one attached hydrogen (secondary N) is 1. The number of carbonyl (C=O) groups is 1. The average Bonchev–Trinajstić information content (AvgIpc) is 3.10. The normalized spacial score (nSPS) is 18.5. The molecule has 11 heteroatoms. The van der Waals surface area contributed by atoms with E-state index in [-0.39, 0.29) is 17.4 Å². The number of rotatable bonds is 4. The summed E-state index contributed by atoms with van der Waals surface area (Å²) in [5, 5.41) is 4.22. The Bertz CT molecular complexity index is 1300. The number of nitrogens with two attached hydrogens (primary N) is 2. The summed E-state index contributed by atoms with van der Waals surface area (Å²) in [6.07, 6.45) is 6.08. The molecule has 1 spiro atoms. The number of nitrogens with zero attached hydrogens (tertiary/aromatic N) is 4. The predicted octanol–water partition coefficient (Wildman–Crippen LogP) is 1.90. The number of hydrogen-bond acceptors (Lipinski definition) is 8. The Hall–Kier alpha value is -2.32. The summed E-state index contributed by atoms with van der Waals surface area (Å²) in [4.78, 5) is 28.2. The van der Waals surface area contributed by atoms with E-state index in [9.17, 15) is 4.79 Å². The zero-order valence-corrected chi connectivity index (χ0v) is 23.3. The fourth-order valence-electron chi connectivity index (χ4n) is 5.21. The van der Waals surface area contributed by atoms with Gasteiger partial charge in [0.2, 0.25) is 5.91 Å². The number of aromatic nitrogens is 3. The van der Waals surface area contributed by atoms with E-state index in [0.29, 0.717) is 15.9 Å². The van der Waals surface area contributed by atoms with Gasteiger partial charge in [0.25, 0.3) is 0 Å². The van der Waals surface area contributed by atoms with E-state index in [0.717, 1.165) is 53.2 Å². The van der Waals surface area contributed by atoms with Gasteiger partial charge in [-0.15, -0.1) is 0 Å². The first-order chi connectivity index (χ1) is 16.8. The molecule has 1 aliphatic carbocycles. The number of carbonyl (C=O) groups excluding carboxylic acids is 1. The number of anilines is 3. The summed E-state index contributed by atoms with van der Waals surface area (Å²) in [6, 6.07) is 8.01. The van der Waals surface area contributed by atoms with Gasteiger partial charge in [0.15, 0.2) is 0 Å². The maximum absolute atomic E-state index is 11.7. The van der Waals surface area contributed by atoms with Crippen LogP contribution in [0.3, 0.4) is 0 Å². The van der Waals surface area contributed by atoms with Crippen LogP contribution < -0.4 is 26.2 Å². The van der Waals surface area contributed by atoms with E-state index in [2.05, 4.69) is 31.2 Å². The van der Waals surface area contributed by atoms with Crippen molar-refractivity contribution in [1.82, 2.24) is 15.0 Å². The van der Waals surface area contributed by atoms with Crippen LogP contribution >= 0.6 is 23.4 Å². The Balaban J connectivity index is 1.33. The molecular formula is C24H27AsClN7OS. The topological polar surface area (TPSA) is 123 Å². The fraction of sp³-hybridized carbons (Fsp3) is 0.333. The molecule has 0 bridgehead atoms. The minimum atomic E-state index is -0.105. The molecule has 2 aliphatic rings. The molecule has 0 radical (unpaired) electrons. The van der Waals surface area contributed by atoms with Crippen LogP contribution in [-0.2, 0) is 16.6 Å². The first-order valence-corrected chi connectivity index (χ1v) is 13.8. The Morgan fingerprint density at radius 1 is 1.29 bits per heavy atom. The number of hydrogen-bond donors (Lipinski definition) is 3. The molecule has 3 heterocycles. The van der Waals surface area contributed by atoms with Crippen molar-refractivity contribution in [2.24, 2.45) is 5.73 Å². The van der Waals surface area contributed by atoms with Crippen molar-refractivity contribution in [3.63, 3.8) is 0 Å². The van der Waals surface area contributed by atoms with E-state index in [4.69, 9.17) is 23.1 Å². The standard InChI is InChI=1S/C24H27AsClN7OS/c1-13(34)31-16-4-2-3-15-14(16)11-18(27)24(15)6-9-33(10-7-24)19-12-30-23(22(28)32-19)35-17-5-8-29-21(25)20(17)26/h2-5,8,12,18H,6-7,9-11,25,27H2,1H3,(H2,28,32)(H,31,34). The van der Waals surface area contributed by atoms with Crippen LogP contribution in [0.2, 0.25) is 5.02 Å². The molecule has 35 heavy (non-hydrogen) atoms. The van der Waals surface area contributed by atoms with Gasteiger partial charge in [0, 0.05) is 18.7 Å². The van der Waals surface area contributed by atoms with Gasteiger partial charge in [-0.2, -0.15) is 0 Å². The zero-order valence-electron chi connectivity index (χ0n) is 19.3. The SMILES string of the molecule is CC(=O)Nc1cccc2c1CC(N)C21CCN(c2cnc(Sc3ccnc([AsH2])c3Cl)c(N)n2)CC1. The van der Waals surface area contributed by atoms with Crippen molar-refractivity contribution >= 4 is 67.9 Å². The third kappa shape index (κ3) is 4.51. The quantitative estimate of drug-likeness (QED) is 0.406. The molecule has 2 atom stereocenters. The van der Waals surface area contributed by atoms with Crippen molar-refractivity contribution in [1.29, 1.82) is 0 Å². The second-order valence-corrected chi connectivity index (χ2v) is 11.6. The number of piperidine rings is 1. The minimum absolute atomic E-state index is 0.0134. The molecule has 1 aliphatic heterocycles. The van der Waals surface area contributed by atoms with Gasteiger partial charge in [-0.1, -0.05) is 12.1 Å². The second kappa shape index (κ2) is 9.62. The van der Waals surface area contributed by atoms with Crippen LogP contribution in [0.25, 0.3) is 0 Å². The number of fused-ring (bicyclic) bond motifs is 2. The van der Waals surface area contributed by atoms with E-state index in [1.165, 1.54) is 46.7 Å². The zero-order chi connectivity index (χ0) is 24.7. The Labute approximate surface area is 222 Å². The number of halogens is 1. The van der Waals surface area contributed by atoms with Crippen molar-refractivity contribution < 1.29 is 4.79 Å². The average molecular weight is 572 g/mol. The molecule has 1 fully saturated rings. The third-order valence-electron chi connectivity index (χ3n) is 6.98. The molecule has 1 amide bonds. The Morgan fingerprint density at radius 3 is 2.77 bits per heavy atom. The third-order valence-corrected chi connectivity index (χ3v) is 9.86. The van der Waals surface area contributed by atoms with Gasteiger partial charge in [-0.25, -0.2) is 0 Å². The first-order valence-electron chi connectivity index (χ1n) is 11.4. The molecule has 3 aromatic rings. The summed E-state index contributed by atoms with van der Waals surface area (Å²) < 4.78 is 0.824. The summed E-state index contributed by atoms with van der Waals surface area (Å²) >= 11 is 9.16. The molecular weight excluding hydrogens is 545 g/mol. The first kappa shape index (κ1) is 24.4. The summed E-state index contributed by atoms with van der Waals surface area (Å²) in [5.41, 5.74) is 16.2. The fourth-order valence-corrected chi connectivity index (χ4v) is 6.95. The van der Waals surface area contributed by atoms with Gasteiger partial charge < -0.3 is 11.1 Å². The van der Waals surface area contributed by atoms with Crippen LogP contribution in [0.15, 0.2) is 46.6 Å². The maximum atomic E-state index is 11.7. The number of nitrogen functional groups attached to an aromatic ring is 1. The van der Waals surface area contributed by atoms with Gasteiger partial charge >= 0.3 is 147 Å². The van der Waals surface area contributed by atoms with Crippen molar-refractivity contribution in [3.05, 3.63) is 52.8 Å².